The Morgan fingerprint density at radius 2 is 1.34 bits per heavy atom. The summed E-state index contributed by atoms with van der Waals surface area (Å²) in [5, 5.41) is -0.519. The predicted molar refractivity (Wildman–Crippen MR) is 126 cm³/mol. The molecule has 4 nitrogen and oxygen atoms in total. The van der Waals surface area contributed by atoms with Gasteiger partial charge in [-0.25, -0.2) is 0 Å². The quantitative estimate of drug-likeness (QED) is 0.390. The van der Waals surface area contributed by atoms with Crippen molar-refractivity contribution in [3.05, 3.63) is 47.6 Å². The maximum absolute atomic E-state index is 13.5. The third kappa shape index (κ3) is 5.42. The molecule has 0 saturated heterocycles. The molecule has 2 rings (SSSR count). The van der Waals surface area contributed by atoms with E-state index in [1.165, 1.54) is 0 Å². The molecule has 0 spiro atoms. The monoisotopic (exact) mass is 437 g/mol. The third-order valence-electron chi connectivity index (χ3n) is 5.92. The summed E-state index contributed by atoms with van der Waals surface area (Å²) in [5.74, 6) is -1.13. The number of hydrogen-bond acceptors (Lipinski definition) is 3. The summed E-state index contributed by atoms with van der Waals surface area (Å²) in [6.45, 7) is 19.9. The summed E-state index contributed by atoms with van der Waals surface area (Å²) in [4.78, 5) is 15.9. The van der Waals surface area contributed by atoms with Gasteiger partial charge in [-0.1, -0.05) is 41.5 Å². The zero-order chi connectivity index (χ0) is 27.5. The number of carbonyl (C=O) groups excluding carboxylic acids is 1. The fourth-order valence-corrected chi connectivity index (χ4v) is 3.75. The summed E-state index contributed by atoms with van der Waals surface area (Å²) in [7, 11) is -5.12. The lowest BCUT2D eigenvalue weighted by Crippen LogP contribution is -2.44. The van der Waals surface area contributed by atoms with Gasteiger partial charge in [-0.3, -0.25) is 4.79 Å². The third-order valence-corrected chi connectivity index (χ3v) is 14.6. The van der Waals surface area contributed by atoms with E-state index in [-0.39, 0.29) is 38.9 Å². The van der Waals surface area contributed by atoms with Crippen LogP contribution in [-0.2, 0) is 0 Å². The fourth-order valence-electron chi connectivity index (χ4n) is 1.91. The second-order valence-corrected chi connectivity index (χ2v) is 19.8. The van der Waals surface area contributed by atoms with Crippen molar-refractivity contribution in [2.45, 2.75) is 77.8 Å². The van der Waals surface area contributed by atoms with Gasteiger partial charge in [0.2, 0.25) is 22.4 Å². The lowest BCUT2D eigenvalue weighted by atomic mass is 10.1. The van der Waals surface area contributed by atoms with Crippen LogP contribution in [0.3, 0.4) is 0 Å². The van der Waals surface area contributed by atoms with Gasteiger partial charge >= 0.3 is 0 Å². The Labute approximate surface area is 186 Å². The second-order valence-electron chi connectivity index (χ2n) is 10.3. The number of ketones is 1. The van der Waals surface area contributed by atoms with Gasteiger partial charge < -0.3 is 13.8 Å². The maximum atomic E-state index is 13.5. The highest BCUT2D eigenvalue weighted by Gasteiger charge is 2.40. The van der Waals surface area contributed by atoms with E-state index in [2.05, 4.69) is 4.98 Å². The first kappa shape index (κ1) is 16.0. The van der Waals surface area contributed by atoms with Crippen LogP contribution in [0.15, 0.2) is 36.4 Å². The SMILES string of the molecule is [2H]c1[nH]c(C(=O)c2c([2H])c(O[Si](C)(C)C(C)(C)C)c([2H])c(O[Si](C)(C)C(C)(C)C)c2[2H])c([2H])c1[2H]. The maximum Gasteiger partial charge on any atom is 0.250 e. The number of hydrogen-bond donors (Lipinski definition) is 1. The van der Waals surface area contributed by atoms with Crippen LogP contribution in [0.4, 0.5) is 0 Å². The van der Waals surface area contributed by atoms with Crippen molar-refractivity contribution in [3.63, 3.8) is 0 Å². The number of H-pyrrole nitrogens is 1. The molecule has 0 fully saturated rings. The molecule has 0 atom stereocenters. The Morgan fingerprint density at radius 3 is 1.69 bits per heavy atom. The van der Waals surface area contributed by atoms with Crippen molar-refractivity contribution in [3.8, 4) is 11.5 Å². The van der Waals surface area contributed by atoms with Crippen LogP contribution >= 0.6 is 0 Å². The Balaban J connectivity index is 2.90. The summed E-state index contributed by atoms with van der Waals surface area (Å²) in [5.41, 5.74) is -0.727. The van der Waals surface area contributed by atoms with Crippen LogP contribution in [0.2, 0.25) is 36.3 Å². The van der Waals surface area contributed by atoms with Crippen molar-refractivity contribution in [2.75, 3.05) is 0 Å². The van der Waals surface area contributed by atoms with Gasteiger partial charge in [-0.2, -0.15) is 0 Å². The molecular formula is C23H37NO3Si2. The summed E-state index contributed by atoms with van der Waals surface area (Å²) < 4.78 is 62.8. The number of aromatic amines is 1. The van der Waals surface area contributed by atoms with Crippen molar-refractivity contribution in [1.29, 1.82) is 0 Å². The van der Waals surface area contributed by atoms with E-state index in [4.69, 9.17) is 17.1 Å². The number of carbonyl (C=O) groups is 1. The molecule has 0 radical (unpaired) electrons. The highest BCUT2D eigenvalue weighted by atomic mass is 28.4. The highest BCUT2D eigenvalue weighted by molar-refractivity contribution is 6.75. The minimum absolute atomic E-state index is 0.125. The fraction of sp³-hybridized carbons (Fsp3) is 0.522. The summed E-state index contributed by atoms with van der Waals surface area (Å²) >= 11 is 0. The highest BCUT2D eigenvalue weighted by Crippen LogP contribution is 2.41. The zero-order valence-corrected chi connectivity index (χ0v) is 21.2. The van der Waals surface area contributed by atoms with E-state index in [1.54, 1.807) is 0 Å². The molecule has 2 aromatic rings. The average molecular weight is 438 g/mol. The average Bonchev–Trinajstić information content (AvgIpc) is 2.94. The van der Waals surface area contributed by atoms with E-state index >= 15 is 0 Å². The van der Waals surface area contributed by atoms with Crippen molar-refractivity contribution in [1.82, 2.24) is 4.98 Å². The van der Waals surface area contributed by atoms with E-state index in [1.807, 2.05) is 67.7 Å². The molecule has 1 aromatic carbocycles. The van der Waals surface area contributed by atoms with E-state index in [0.29, 0.717) is 0 Å². The Kier molecular flexibility index (Phi) is 4.29. The minimum Gasteiger partial charge on any atom is -0.543 e. The molecule has 0 amide bonds. The van der Waals surface area contributed by atoms with Crippen LogP contribution in [0.5, 0.6) is 11.5 Å². The molecule has 1 heterocycles. The molecule has 29 heavy (non-hydrogen) atoms. The smallest absolute Gasteiger partial charge is 0.250 e. The molecular weight excluding hydrogens is 394 g/mol. The molecule has 0 aliphatic carbocycles. The number of nitrogens with one attached hydrogen (secondary N) is 1. The molecule has 1 aromatic heterocycles. The Morgan fingerprint density at radius 1 is 0.897 bits per heavy atom. The lowest BCUT2D eigenvalue weighted by molar-refractivity contribution is 0.103. The molecule has 0 saturated carbocycles. The molecule has 1 N–H and O–H groups in total. The first-order chi connectivity index (χ1) is 15.5. The lowest BCUT2D eigenvalue weighted by Gasteiger charge is -2.38. The van der Waals surface area contributed by atoms with E-state index in [0.717, 1.165) is 0 Å². The standard InChI is InChI=1S/C23H37NO3Si2/c1-22(2,3)28(7,8)26-18-14-17(21(25)20-12-11-13-24-20)15-19(16-18)27-29(9,10)23(4,5)6/h11-16,24H,1-10H3/i11D,12D,13D,14D,15D,16D. The first-order valence-corrected chi connectivity index (χ1v) is 15.6. The van der Waals surface area contributed by atoms with Gasteiger partial charge in [0.15, 0.2) is 0 Å². The largest absolute Gasteiger partial charge is 0.543 e. The summed E-state index contributed by atoms with van der Waals surface area (Å²) in [6, 6.07) is -2.02. The van der Waals surface area contributed by atoms with Crippen LogP contribution in [0.25, 0.3) is 0 Å². The Hall–Kier alpha value is -1.80. The van der Waals surface area contributed by atoms with Gasteiger partial charge in [0.25, 0.3) is 0 Å². The molecule has 6 heteroatoms. The van der Waals surface area contributed by atoms with Crippen LogP contribution in [0, 0.1) is 0 Å². The van der Waals surface area contributed by atoms with Crippen molar-refractivity contribution in [2.24, 2.45) is 0 Å². The topological polar surface area (TPSA) is 51.3 Å². The molecule has 160 valence electrons. The van der Waals surface area contributed by atoms with Gasteiger partial charge in [-0.05, 0) is 60.4 Å². The van der Waals surface area contributed by atoms with Crippen molar-refractivity contribution < 1.29 is 21.9 Å². The number of rotatable bonds is 6. The summed E-state index contributed by atoms with van der Waals surface area (Å²) in [6.07, 6.45) is -0.399. The van der Waals surface area contributed by atoms with Gasteiger partial charge in [-0.15, -0.1) is 0 Å². The van der Waals surface area contributed by atoms with E-state index < -0.39 is 52.8 Å². The van der Waals surface area contributed by atoms with Gasteiger partial charge in [0.1, 0.15) is 11.5 Å². The van der Waals surface area contributed by atoms with Crippen molar-refractivity contribution >= 4 is 22.4 Å². The first-order valence-electron chi connectivity index (χ1n) is 12.8. The predicted octanol–water partition coefficient (Wildman–Crippen LogP) is 7.01. The Bertz CT molecular complexity index is 1110. The second kappa shape index (κ2) is 7.80. The number of benzene rings is 1. The van der Waals surface area contributed by atoms with Crippen LogP contribution in [-0.4, -0.2) is 27.4 Å². The molecule has 0 unspecified atom stereocenters. The van der Waals surface area contributed by atoms with E-state index in [9.17, 15) is 4.79 Å². The minimum atomic E-state index is -2.56. The zero-order valence-electron chi connectivity index (χ0n) is 25.2. The number of aromatic nitrogens is 1. The molecule has 0 bridgehead atoms. The van der Waals surface area contributed by atoms with Crippen LogP contribution in [0.1, 0.15) is 65.8 Å². The molecule has 0 aliphatic heterocycles. The normalized spacial score (nSPS) is 16.2. The molecule has 0 aliphatic rings. The van der Waals surface area contributed by atoms with Gasteiger partial charge in [0.05, 0.1) is 13.9 Å². The van der Waals surface area contributed by atoms with Gasteiger partial charge in [0, 0.05) is 17.8 Å². The van der Waals surface area contributed by atoms with Crippen LogP contribution < -0.4 is 8.85 Å².